The number of thioether (sulfide) groups is 1. The third-order valence-electron chi connectivity index (χ3n) is 4.98. The van der Waals surface area contributed by atoms with E-state index >= 15 is 0 Å². The number of aromatic nitrogens is 1. The molecule has 1 aliphatic heterocycles. The van der Waals surface area contributed by atoms with Crippen molar-refractivity contribution in [3.8, 4) is 0 Å². The second-order valence-electron chi connectivity index (χ2n) is 6.62. The van der Waals surface area contributed by atoms with Gasteiger partial charge in [-0.2, -0.15) is 11.8 Å². The highest BCUT2D eigenvalue weighted by atomic mass is 32.2. The number of nitrogens with one attached hydrogen (secondary N) is 1. The Kier molecular flexibility index (Phi) is 5.81. The normalized spacial score (nSPS) is 25.2. The van der Waals surface area contributed by atoms with Crippen molar-refractivity contribution in [2.24, 2.45) is 0 Å². The Morgan fingerprint density at radius 2 is 2.09 bits per heavy atom. The van der Waals surface area contributed by atoms with Crippen molar-refractivity contribution in [1.29, 1.82) is 0 Å². The van der Waals surface area contributed by atoms with E-state index in [2.05, 4.69) is 16.6 Å². The number of pyridine rings is 1. The summed E-state index contributed by atoms with van der Waals surface area (Å²) < 4.78 is 0. The Bertz CT molecular complexity index is 531. The zero-order valence-electron chi connectivity index (χ0n) is 14.0. The SMILES string of the molecule is CS[C@@H]1CCC[C@H](Nc2ncccc2C(=O)N2CCCCC2)C1. The van der Waals surface area contributed by atoms with Gasteiger partial charge in [-0.05, 0) is 56.9 Å². The Hall–Kier alpha value is -1.23. The lowest BCUT2D eigenvalue weighted by Gasteiger charge is -2.30. The van der Waals surface area contributed by atoms with Crippen LogP contribution < -0.4 is 5.32 Å². The van der Waals surface area contributed by atoms with Crippen LogP contribution in [0.1, 0.15) is 55.3 Å². The van der Waals surface area contributed by atoms with Gasteiger partial charge in [0, 0.05) is 30.6 Å². The van der Waals surface area contributed by atoms with Gasteiger partial charge in [0.2, 0.25) is 0 Å². The summed E-state index contributed by atoms with van der Waals surface area (Å²) in [5.74, 6) is 0.910. The van der Waals surface area contributed by atoms with Gasteiger partial charge in [-0.3, -0.25) is 4.79 Å². The molecule has 1 N–H and O–H groups in total. The fraction of sp³-hybridized carbons (Fsp3) is 0.667. The molecular weight excluding hydrogens is 306 g/mol. The fourth-order valence-corrected chi connectivity index (χ4v) is 4.47. The van der Waals surface area contributed by atoms with E-state index in [-0.39, 0.29) is 5.91 Å². The van der Waals surface area contributed by atoms with Crippen LogP contribution in [-0.4, -0.2) is 46.4 Å². The number of piperidine rings is 1. The van der Waals surface area contributed by atoms with Crippen LogP contribution in [0.2, 0.25) is 0 Å². The predicted octanol–water partition coefficient (Wildman–Crippen LogP) is 3.79. The maximum Gasteiger partial charge on any atom is 0.257 e. The van der Waals surface area contributed by atoms with Crippen LogP contribution in [0.4, 0.5) is 5.82 Å². The number of nitrogens with zero attached hydrogens (tertiary/aromatic N) is 2. The average Bonchev–Trinajstić information content (AvgIpc) is 2.62. The lowest BCUT2D eigenvalue weighted by Crippen LogP contribution is -2.36. The lowest BCUT2D eigenvalue weighted by atomic mass is 9.95. The van der Waals surface area contributed by atoms with Crippen LogP contribution in [0.15, 0.2) is 18.3 Å². The highest BCUT2D eigenvalue weighted by molar-refractivity contribution is 7.99. The van der Waals surface area contributed by atoms with Gasteiger partial charge < -0.3 is 10.2 Å². The number of anilines is 1. The van der Waals surface area contributed by atoms with Gasteiger partial charge >= 0.3 is 0 Å². The minimum atomic E-state index is 0.137. The number of hydrogen-bond donors (Lipinski definition) is 1. The summed E-state index contributed by atoms with van der Waals surface area (Å²) in [7, 11) is 0. The molecule has 3 rings (SSSR count). The maximum atomic E-state index is 12.8. The molecular formula is C18H27N3OS. The lowest BCUT2D eigenvalue weighted by molar-refractivity contribution is 0.0725. The van der Waals surface area contributed by atoms with E-state index in [1.807, 2.05) is 28.8 Å². The zero-order chi connectivity index (χ0) is 16.1. The van der Waals surface area contributed by atoms with Crippen molar-refractivity contribution in [2.75, 3.05) is 24.7 Å². The summed E-state index contributed by atoms with van der Waals surface area (Å²) in [4.78, 5) is 19.3. The molecule has 2 heterocycles. The van der Waals surface area contributed by atoms with Gasteiger partial charge in [-0.15, -0.1) is 0 Å². The Balaban J connectivity index is 1.71. The average molecular weight is 334 g/mol. The van der Waals surface area contributed by atoms with Gasteiger partial charge in [-0.1, -0.05) is 6.42 Å². The molecule has 4 nitrogen and oxygen atoms in total. The summed E-state index contributed by atoms with van der Waals surface area (Å²) in [5.41, 5.74) is 0.737. The molecule has 5 heteroatoms. The first-order valence-electron chi connectivity index (χ1n) is 8.81. The molecule has 1 saturated heterocycles. The number of rotatable bonds is 4. The summed E-state index contributed by atoms with van der Waals surface area (Å²) in [6, 6.07) is 4.22. The zero-order valence-corrected chi connectivity index (χ0v) is 14.8. The molecule has 0 spiro atoms. The molecule has 0 bridgehead atoms. The molecule has 1 aromatic heterocycles. The maximum absolute atomic E-state index is 12.8. The Morgan fingerprint density at radius 1 is 1.26 bits per heavy atom. The van der Waals surface area contributed by atoms with E-state index in [9.17, 15) is 4.79 Å². The number of likely N-dealkylation sites (tertiary alicyclic amines) is 1. The highest BCUT2D eigenvalue weighted by Crippen LogP contribution is 2.29. The summed E-state index contributed by atoms with van der Waals surface area (Å²) in [6.07, 6.45) is 12.3. The fourth-order valence-electron chi connectivity index (χ4n) is 3.64. The van der Waals surface area contributed by atoms with Crippen LogP contribution >= 0.6 is 11.8 Å². The molecule has 0 unspecified atom stereocenters. The molecule has 1 amide bonds. The minimum Gasteiger partial charge on any atom is -0.367 e. The van der Waals surface area contributed by atoms with Crippen molar-refractivity contribution in [2.45, 2.75) is 56.2 Å². The van der Waals surface area contributed by atoms with E-state index in [1.165, 1.54) is 25.7 Å². The molecule has 0 aromatic carbocycles. The standard InChI is InChI=1S/C18H27N3OS/c1-23-15-8-5-7-14(13-15)20-17-16(9-6-10-19-17)18(22)21-11-3-2-4-12-21/h6,9-10,14-15H,2-5,7-8,11-13H2,1H3,(H,19,20)/t14-,15+/m0/s1. The van der Waals surface area contributed by atoms with Crippen LogP contribution in [0, 0.1) is 0 Å². The van der Waals surface area contributed by atoms with Gasteiger partial charge in [0.25, 0.3) is 5.91 Å². The number of carbonyl (C=O) groups excluding carboxylic acids is 1. The molecule has 1 aromatic rings. The van der Waals surface area contributed by atoms with Crippen LogP contribution in [0.25, 0.3) is 0 Å². The molecule has 2 aliphatic rings. The van der Waals surface area contributed by atoms with Gasteiger partial charge in [0.15, 0.2) is 0 Å². The van der Waals surface area contributed by atoms with Crippen molar-refractivity contribution < 1.29 is 4.79 Å². The molecule has 1 aliphatic carbocycles. The largest absolute Gasteiger partial charge is 0.367 e. The molecule has 2 fully saturated rings. The number of hydrogen-bond acceptors (Lipinski definition) is 4. The third-order valence-corrected chi connectivity index (χ3v) is 6.08. The van der Waals surface area contributed by atoms with Gasteiger partial charge in [0.05, 0.1) is 5.56 Å². The van der Waals surface area contributed by atoms with Crippen LogP contribution in [0.3, 0.4) is 0 Å². The smallest absolute Gasteiger partial charge is 0.257 e. The van der Waals surface area contributed by atoms with Crippen LogP contribution in [-0.2, 0) is 0 Å². The van der Waals surface area contributed by atoms with Gasteiger partial charge in [-0.25, -0.2) is 4.98 Å². The number of carbonyl (C=O) groups is 1. The summed E-state index contributed by atoms with van der Waals surface area (Å²) >= 11 is 1.96. The van der Waals surface area contributed by atoms with E-state index in [0.29, 0.717) is 6.04 Å². The topological polar surface area (TPSA) is 45.2 Å². The Labute approximate surface area is 143 Å². The first kappa shape index (κ1) is 16.6. The second-order valence-corrected chi connectivity index (χ2v) is 7.76. The minimum absolute atomic E-state index is 0.137. The van der Waals surface area contributed by atoms with Gasteiger partial charge in [0.1, 0.15) is 5.82 Å². The molecule has 2 atom stereocenters. The second kappa shape index (κ2) is 8.04. The molecule has 126 valence electrons. The van der Waals surface area contributed by atoms with Crippen molar-refractivity contribution >= 4 is 23.5 Å². The predicted molar refractivity (Wildman–Crippen MR) is 97.2 cm³/mol. The third kappa shape index (κ3) is 4.19. The molecule has 0 radical (unpaired) electrons. The highest BCUT2D eigenvalue weighted by Gasteiger charge is 2.25. The van der Waals surface area contributed by atoms with E-state index < -0.39 is 0 Å². The van der Waals surface area contributed by atoms with E-state index in [4.69, 9.17) is 0 Å². The molecule has 23 heavy (non-hydrogen) atoms. The van der Waals surface area contributed by atoms with Crippen LogP contribution in [0.5, 0.6) is 0 Å². The molecule has 1 saturated carbocycles. The first-order chi connectivity index (χ1) is 11.3. The van der Waals surface area contributed by atoms with Crippen molar-refractivity contribution in [1.82, 2.24) is 9.88 Å². The van der Waals surface area contributed by atoms with Crippen molar-refractivity contribution in [3.63, 3.8) is 0 Å². The first-order valence-corrected chi connectivity index (χ1v) is 10.1. The Morgan fingerprint density at radius 3 is 2.87 bits per heavy atom. The quantitative estimate of drug-likeness (QED) is 0.910. The van der Waals surface area contributed by atoms with E-state index in [0.717, 1.165) is 49.0 Å². The summed E-state index contributed by atoms with van der Waals surface area (Å²) in [5, 5.41) is 4.29. The monoisotopic (exact) mass is 333 g/mol. The summed E-state index contributed by atoms with van der Waals surface area (Å²) in [6.45, 7) is 1.76. The number of amides is 1. The van der Waals surface area contributed by atoms with E-state index in [1.54, 1.807) is 6.20 Å². The van der Waals surface area contributed by atoms with Crippen molar-refractivity contribution in [3.05, 3.63) is 23.9 Å².